The minimum Gasteiger partial charge on any atom is -0.396 e. The Hall–Kier alpha value is -1.54. The van der Waals surface area contributed by atoms with Crippen molar-refractivity contribution in [3.05, 3.63) is 48.7 Å². The molecule has 0 saturated carbocycles. The van der Waals surface area contributed by atoms with Crippen molar-refractivity contribution >= 4 is 10.9 Å². The molecule has 90 valence electrons. The SMILES string of the molecule is C=CC[C@H](CO)Cn1ccc2cc(C)ccc21. The summed E-state index contributed by atoms with van der Waals surface area (Å²) in [5.41, 5.74) is 2.51. The van der Waals surface area contributed by atoms with Crippen LogP contribution in [0.3, 0.4) is 0 Å². The molecule has 0 saturated heterocycles. The highest BCUT2D eigenvalue weighted by molar-refractivity contribution is 5.80. The van der Waals surface area contributed by atoms with Gasteiger partial charge in [-0.25, -0.2) is 0 Å². The summed E-state index contributed by atoms with van der Waals surface area (Å²) in [6.45, 7) is 6.88. The molecule has 2 nitrogen and oxygen atoms in total. The summed E-state index contributed by atoms with van der Waals surface area (Å²) in [6, 6.07) is 8.59. The molecule has 0 aliphatic carbocycles. The van der Waals surface area contributed by atoms with Gasteiger partial charge in [-0.1, -0.05) is 17.7 Å². The molecule has 1 N–H and O–H groups in total. The number of allylic oxidation sites excluding steroid dienone is 1. The Morgan fingerprint density at radius 2 is 2.24 bits per heavy atom. The number of hydrogen-bond acceptors (Lipinski definition) is 1. The lowest BCUT2D eigenvalue weighted by Crippen LogP contribution is -2.13. The lowest BCUT2D eigenvalue weighted by atomic mass is 10.1. The van der Waals surface area contributed by atoms with E-state index in [4.69, 9.17) is 0 Å². The van der Waals surface area contributed by atoms with Gasteiger partial charge < -0.3 is 9.67 Å². The highest BCUT2D eigenvalue weighted by atomic mass is 16.3. The first-order valence-electron chi connectivity index (χ1n) is 6.02. The molecule has 17 heavy (non-hydrogen) atoms. The van der Waals surface area contributed by atoms with Crippen molar-refractivity contribution in [1.82, 2.24) is 4.57 Å². The Balaban J connectivity index is 2.26. The number of aliphatic hydroxyl groups excluding tert-OH is 1. The van der Waals surface area contributed by atoms with Crippen LogP contribution in [0, 0.1) is 12.8 Å². The van der Waals surface area contributed by atoms with Crippen LogP contribution in [-0.4, -0.2) is 16.3 Å². The molecule has 1 atom stereocenters. The zero-order valence-corrected chi connectivity index (χ0v) is 10.3. The molecule has 0 spiro atoms. The monoisotopic (exact) mass is 229 g/mol. The number of hydrogen-bond donors (Lipinski definition) is 1. The molecule has 1 heterocycles. The maximum Gasteiger partial charge on any atom is 0.0480 e. The second kappa shape index (κ2) is 5.19. The number of aromatic nitrogens is 1. The van der Waals surface area contributed by atoms with Crippen molar-refractivity contribution in [2.24, 2.45) is 5.92 Å². The van der Waals surface area contributed by atoms with E-state index >= 15 is 0 Å². The van der Waals surface area contributed by atoms with E-state index in [1.54, 1.807) is 0 Å². The summed E-state index contributed by atoms with van der Waals surface area (Å²) in [5.74, 6) is 0.254. The number of nitrogens with zero attached hydrogens (tertiary/aromatic N) is 1. The van der Waals surface area contributed by atoms with Gasteiger partial charge >= 0.3 is 0 Å². The third kappa shape index (κ3) is 2.59. The van der Waals surface area contributed by atoms with Crippen LogP contribution in [0.2, 0.25) is 0 Å². The van der Waals surface area contributed by atoms with Crippen molar-refractivity contribution in [2.45, 2.75) is 19.9 Å². The minimum absolute atomic E-state index is 0.206. The zero-order valence-electron chi connectivity index (χ0n) is 10.3. The van der Waals surface area contributed by atoms with Crippen molar-refractivity contribution in [2.75, 3.05) is 6.61 Å². The van der Waals surface area contributed by atoms with E-state index in [1.165, 1.54) is 16.5 Å². The Kier molecular flexibility index (Phi) is 3.64. The summed E-state index contributed by atoms with van der Waals surface area (Å²) in [4.78, 5) is 0. The van der Waals surface area contributed by atoms with Crippen LogP contribution in [0.1, 0.15) is 12.0 Å². The zero-order chi connectivity index (χ0) is 12.3. The summed E-state index contributed by atoms with van der Waals surface area (Å²) in [6.07, 6.45) is 4.81. The van der Waals surface area contributed by atoms with E-state index in [0.29, 0.717) is 0 Å². The fraction of sp³-hybridized carbons (Fsp3) is 0.333. The van der Waals surface area contributed by atoms with Crippen LogP contribution in [-0.2, 0) is 6.54 Å². The topological polar surface area (TPSA) is 25.2 Å². The molecule has 0 amide bonds. The van der Waals surface area contributed by atoms with Gasteiger partial charge in [0, 0.05) is 30.8 Å². The third-order valence-corrected chi connectivity index (χ3v) is 3.14. The van der Waals surface area contributed by atoms with Crippen LogP contribution in [0.25, 0.3) is 10.9 Å². The lowest BCUT2D eigenvalue weighted by molar-refractivity contribution is 0.213. The summed E-state index contributed by atoms with van der Waals surface area (Å²) in [5, 5.41) is 10.6. The summed E-state index contributed by atoms with van der Waals surface area (Å²) in [7, 11) is 0. The Labute approximate surface area is 102 Å². The fourth-order valence-electron chi connectivity index (χ4n) is 2.20. The van der Waals surface area contributed by atoms with E-state index in [2.05, 4.69) is 48.5 Å². The van der Waals surface area contributed by atoms with E-state index < -0.39 is 0 Å². The highest BCUT2D eigenvalue weighted by Gasteiger charge is 2.08. The van der Waals surface area contributed by atoms with Gasteiger partial charge in [-0.3, -0.25) is 0 Å². The first kappa shape index (κ1) is 11.9. The summed E-state index contributed by atoms with van der Waals surface area (Å²) < 4.78 is 2.21. The number of aryl methyl sites for hydroxylation is 1. The number of aliphatic hydroxyl groups is 1. The molecule has 2 aromatic rings. The maximum atomic E-state index is 9.31. The van der Waals surface area contributed by atoms with Crippen LogP contribution in [0.5, 0.6) is 0 Å². The van der Waals surface area contributed by atoms with Crippen LogP contribution >= 0.6 is 0 Å². The predicted molar refractivity (Wildman–Crippen MR) is 72.1 cm³/mol. The molecular formula is C15H19NO. The van der Waals surface area contributed by atoms with E-state index in [0.717, 1.165) is 13.0 Å². The number of rotatable bonds is 5. The average molecular weight is 229 g/mol. The molecule has 0 bridgehead atoms. The van der Waals surface area contributed by atoms with Crippen molar-refractivity contribution < 1.29 is 5.11 Å². The molecule has 2 heteroatoms. The largest absolute Gasteiger partial charge is 0.396 e. The molecule has 0 aliphatic rings. The van der Waals surface area contributed by atoms with Gasteiger partial charge in [0.25, 0.3) is 0 Å². The van der Waals surface area contributed by atoms with Gasteiger partial charge in [-0.15, -0.1) is 6.58 Å². The number of benzene rings is 1. The Bertz CT molecular complexity index is 513. The Morgan fingerprint density at radius 1 is 1.41 bits per heavy atom. The van der Waals surface area contributed by atoms with Gasteiger partial charge in [-0.2, -0.15) is 0 Å². The molecule has 1 aromatic carbocycles. The lowest BCUT2D eigenvalue weighted by Gasteiger charge is -2.14. The first-order chi connectivity index (χ1) is 8.24. The molecule has 0 radical (unpaired) electrons. The molecule has 0 unspecified atom stereocenters. The molecule has 2 rings (SSSR count). The fourth-order valence-corrected chi connectivity index (χ4v) is 2.20. The van der Waals surface area contributed by atoms with Gasteiger partial charge in [-0.05, 0) is 36.9 Å². The molecule has 0 fully saturated rings. The first-order valence-corrected chi connectivity index (χ1v) is 6.02. The third-order valence-electron chi connectivity index (χ3n) is 3.14. The number of fused-ring (bicyclic) bond motifs is 1. The average Bonchev–Trinajstić information content (AvgIpc) is 2.71. The van der Waals surface area contributed by atoms with E-state index in [9.17, 15) is 5.11 Å². The standard InChI is InChI=1S/C15H19NO/c1-3-4-13(11-17)10-16-8-7-14-9-12(2)5-6-15(14)16/h3,5-9,13,17H,1,4,10-11H2,2H3/t13-/m0/s1. The highest BCUT2D eigenvalue weighted by Crippen LogP contribution is 2.19. The smallest absolute Gasteiger partial charge is 0.0480 e. The molecular weight excluding hydrogens is 210 g/mol. The van der Waals surface area contributed by atoms with Crippen molar-refractivity contribution in [3.8, 4) is 0 Å². The quantitative estimate of drug-likeness (QED) is 0.783. The van der Waals surface area contributed by atoms with E-state index in [-0.39, 0.29) is 12.5 Å². The maximum absolute atomic E-state index is 9.31. The minimum atomic E-state index is 0.206. The van der Waals surface area contributed by atoms with Gasteiger partial charge in [0.05, 0.1) is 0 Å². The van der Waals surface area contributed by atoms with Gasteiger partial charge in [0.15, 0.2) is 0 Å². The molecule has 0 aliphatic heterocycles. The van der Waals surface area contributed by atoms with Gasteiger partial charge in [0.1, 0.15) is 0 Å². The van der Waals surface area contributed by atoms with Crippen molar-refractivity contribution in [3.63, 3.8) is 0 Å². The van der Waals surface area contributed by atoms with Gasteiger partial charge in [0.2, 0.25) is 0 Å². The summed E-state index contributed by atoms with van der Waals surface area (Å²) >= 11 is 0. The van der Waals surface area contributed by atoms with Crippen LogP contribution < -0.4 is 0 Å². The Morgan fingerprint density at radius 3 is 2.94 bits per heavy atom. The second-order valence-corrected chi connectivity index (χ2v) is 4.60. The van der Waals surface area contributed by atoms with E-state index in [1.807, 2.05) is 6.08 Å². The van der Waals surface area contributed by atoms with Crippen molar-refractivity contribution in [1.29, 1.82) is 0 Å². The molecule has 1 aromatic heterocycles. The van der Waals surface area contributed by atoms with Crippen LogP contribution in [0.4, 0.5) is 0 Å². The normalized spacial score (nSPS) is 12.8. The predicted octanol–water partition coefficient (Wildman–Crippen LogP) is 3.13. The van der Waals surface area contributed by atoms with Crippen LogP contribution in [0.15, 0.2) is 43.1 Å². The second-order valence-electron chi connectivity index (χ2n) is 4.60.